The van der Waals surface area contributed by atoms with Gasteiger partial charge in [0.25, 0.3) is 0 Å². The van der Waals surface area contributed by atoms with E-state index >= 15 is 0 Å². The monoisotopic (exact) mass is 218 g/mol. The van der Waals surface area contributed by atoms with E-state index in [0.717, 1.165) is 18.0 Å². The maximum atomic E-state index is 6.18. The number of aromatic nitrogens is 1. The fourth-order valence-electron chi connectivity index (χ4n) is 2.65. The molecule has 1 unspecified atom stereocenters. The number of nitrogens with two attached hydrogens (primary N) is 1. The third-order valence-electron chi connectivity index (χ3n) is 3.55. The summed E-state index contributed by atoms with van der Waals surface area (Å²) in [6.45, 7) is 2.06. The molecule has 1 saturated carbocycles. The zero-order chi connectivity index (χ0) is 11.4. The predicted octanol–water partition coefficient (Wildman–Crippen LogP) is 2.84. The van der Waals surface area contributed by atoms with E-state index in [1.807, 2.05) is 6.20 Å². The molecule has 0 bridgehead atoms. The Morgan fingerprint density at radius 2 is 2.12 bits per heavy atom. The lowest BCUT2D eigenvalue weighted by Crippen LogP contribution is -2.25. The maximum Gasteiger partial charge on any atom is 0.0419 e. The van der Waals surface area contributed by atoms with E-state index in [4.69, 9.17) is 5.73 Å². The van der Waals surface area contributed by atoms with Crippen LogP contribution in [0.25, 0.3) is 0 Å². The lowest BCUT2D eigenvalue weighted by molar-refractivity contribution is 0.439. The molecule has 1 heterocycles. The molecule has 88 valence electrons. The van der Waals surface area contributed by atoms with Crippen LogP contribution in [0.15, 0.2) is 18.3 Å². The molecule has 0 aromatic carbocycles. The lowest BCUT2D eigenvalue weighted by Gasteiger charge is -2.15. The van der Waals surface area contributed by atoms with Gasteiger partial charge in [0.05, 0.1) is 0 Å². The molecule has 2 nitrogen and oxygen atoms in total. The minimum Gasteiger partial charge on any atom is -0.327 e. The summed E-state index contributed by atoms with van der Waals surface area (Å²) in [6.07, 6.45) is 9.61. The molecule has 1 atom stereocenters. The Hall–Kier alpha value is -0.890. The van der Waals surface area contributed by atoms with Crippen LogP contribution in [0.1, 0.15) is 43.4 Å². The van der Waals surface area contributed by atoms with Gasteiger partial charge in [0, 0.05) is 24.4 Å². The first kappa shape index (κ1) is 11.6. The highest BCUT2D eigenvalue weighted by atomic mass is 14.7. The van der Waals surface area contributed by atoms with Crippen LogP contribution in [-0.2, 0) is 6.42 Å². The third-order valence-corrected chi connectivity index (χ3v) is 3.55. The van der Waals surface area contributed by atoms with E-state index < -0.39 is 0 Å². The molecule has 0 spiro atoms. The van der Waals surface area contributed by atoms with E-state index in [2.05, 4.69) is 24.0 Å². The molecular weight excluding hydrogens is 196 g/mol. The van der Waals surface area contributed by atoms with Crippen LogP contribution in [0, 0.1) is 12.8 Å². The summed E-state index contributed by atoms with van der Waals surface area (Å²) >= 11 is 0. The van der Waals surface area contributed by atoms with E-state index in [-0.39, 0.29) is 0 Å². The number of nitrogens with zero attached hydrogens (tertiary/aromatic N) is 1. The minimum atomic E-state index is 0.290. The summed E-state index contributed by atoms with van der Waals surface area (Å²) in [5, 5.41) is 0. The molecule has 2 heteroatoms. The average Bonchev–Trinajstić information content (AvgIpc) is 2.74. The van der Waals surface area contributed by atoms with Gasteiger partial charge in [-0.1, -0.05) is 31.7 Å². The summed E-state index contributed by atoms with van der Waals surface area (Å²) in [7, 11) is 0. The van der Waals surface area contributed by atoms with Gasteiger partial charge < -0.3 is 5.73 Å². The number of aryl methyl sites for hydroxylation is 1. The second kappa shape index (κ2) is 5.44. The number of rotatable bonds is 4. The highest BCUT2D eigenvalue weighted by Crippen LogP contribution is 2.28. The summed E-state index contributed by atoms with van der Waals surface area (Å²) in [6, 6.07) is 4.51. The topological polar surface area (TPSA) is 38.9 Å². The van der Waals surface area contributed by atoms with E-state index in [9.17, 15) is 0 Å². The van der Waals surface area contributed by atoms with Crippen LogP contribution in [-0.4, -0.2) is 11.0 Å². The third kappa shape index (κ3) is 3.31. The number of hydrogen-bond acceptors (Lipinski definition) is 2. The lowest BCUT2D eigenvalue weighted by atomic mass is 9.96. The Morgan fingerprint density at radius 1 is 1.38 bits per heavy atom. The molecule has 1 fully saturated rings. The predicted molar refractivity (Wildman–Crippen MR) is 67.2 cm³/mol. The molecular formula is C14H22N2. The van der Waals surface area contributed by atoms with Gasteiger partial charge >= 0.3 is 0 Å². The first-order chi connectivity index (χ1) is 7.74. The standard InChI is InChI=1S/C14H22N2/c1-11-6-7-14(16-10-11)9-13(15)8-12-4-2-3-5-12/h6-7,10,12-13H,2-5,8-9,15H2,1H3. The molecule has 0 amide bonds. The number of hydrogen-bond donors (Lipinski definition) is 1. The summed E-state index contributed by atoms with van der Waals surface area (Å²) < 4.78 is 0. The van der Waals surface area contributed by atoms with E-state index in [1.54, 1.807) is 0 Å². The van der Waals surface area contributed by atoms with E-state index in [0.29, 0.717) is 6.04 Å². The first-order valence-corrected chi connectivity index (χ1v) is 6.41. The molecule has 1 aliphatic carbocycles. The largest absolute Gasteiger partial charge is 0.327 e. The zero-order valence-electron chi connectivity index (χ0n) is 10.2. The van der Waals surface area contributed by atoms with Gasteiger partial charge in [-0.2, -0.15) is 0 Å². The van der Waals surface area contributed by atoms with Crippen molar-refractivity contribution in [2.75, 3.05) is 0 Å². The summed E-state index contributed by atoms with van der Waals surface area (Å²) in [5.41, 5.74) is 8.53. The van der Waals surface area contributed by atoms with Crippen molar-refractivity contribution in [2.24, 2.45) is 11.7 Å². The van der Waals surface area contributed by atoms with Crippen LogP contribution >= 0.6 is 0 Å². The van der Waals surface area contributed by atoms with Crippen molar-refractivity contribution in [2.45, 2.75) is 51.5 Å². The van der Waals surface area contributed by atoms with Crippen molar-refractivity contribution in [1.82, 2.24) is 4.98 Å². The summed E-state index contributed by atoms with van der Waals surface area (Å²) in [4.78, 5) is 4.41. The normalized spacial score (nSPS) is 18.9. The van der Waals surface area contributed by atoms with Gasteiger partial charge in [-0.3, -0.25) is 4.98 Å². The molecule has 1 aromatic rings. The zero-order valence-corrected chi connectivity index (χ0v) is 10.2. The smallest absolute Gasteiger partial charge is 0.0419 e. The van der Waals surface area contributed by atoms with Crippen LogP contribution in [0.2, 0.25) is 0 Å². The molecule has 1 aromatic heterocycles. The Balaban J connectivity index is 1.81. The molecule has 2 N–H and O–H groups in total. The Kier molecular flexibility index (Phi) is 3.94. The van der Waals surface area contributed by atoms with Crippen LogP contribution in [0.5, 0.6) is 0 Å². The van der Waals surface area contributed by atoms with Crippen LogP contribution in [0.3, 0.4) is 0 Å². The van der Waals surface area contributed by atoms with Gasteiger partial charge in [0.15, 0.2) is 0 Å². The minimum absolute atomic E-state index is 0.290. The van der Waals surface area contributed by atoms with Crippen LogP contribution in [0.4, 0.5) is 0 Å². The highest BCUT2D eigenvalue weighted by Gasteiger charge is 2.18. The van der Waals surface area contributed by atoms with Gasteiger partial charge in [-0.25, -0.2) is 0 Å². The Bertz CT molecular complexity index is 312. The molecule has 0 saturated heterocycles. The molecule has 16 heavy (non-hydrogen) atoms. The second-order valence-corrected chi connectivity index (χ2v) is 5.18. The van der Waals surface area contributed by atoms with Gasteiger partial charge in [-0.15, -0.1) is 0 Å². The molecule has 0 radical (unpaired) electrons. The highest BCUT2D eigenvalue weighted by molar-refractivity contribution is 5.13. The number of pyridine rings is 1. The SMILES string of the molecule is Cc1ccc(CC(N)CC2CCCC2)nc1. The first-order valence-electron chi connectivity index (χ1n) is 6.41. The van der Waals surface area contributed by atoms with Crippen molar-refractivity contribution >= 4 is 0 Å². The van der Waals surface area contributed by atoms with Crippen molar-refractivity contribution < 1.29 is 0 Å². The van der Waals surface area contributed by atoms with Crippen LogP contribution < -0.4 is 5.73 Å². The fourth-order valence-corrected chi connectivity index (χ4v) is 2.65. The van der Waals surface area contributed by atoms with Gasteiger partial charge in [0.2, 0.25) is 0 Å². The fraction of sp³-hybridized carbons (Fsp3) is 0.643. The summed E-state index contributed by atoms with van der Waals surface area (Å²) in [5.74, 6) is 0.875. The average molecular weight is 218 g/mol. The Morgan fingerprint density at radius 3 is 2.75 bits per heavy atom. The second-order valence-electron chi connectivity index (χ2n) is 5.18. The molecule has 0 aliphatic heterocycles. The van der Waals surface area contributed by atoms with Gasteiger partial charge in [0.1, 0.15) is 0 Å². The Labute approximate surface area is 98.3 Å². The van der Waals surface area contributed by atoms with Crippen molar-refractivity contribution in [3.05, 3.63) is 29.6 Å². The molecule has 1 aliphatic rings. The van der Waals surface area contributed by atoms with Crippen molar-refractivity contribution in [3.63, 3.8) is 0 Å². The maximum absolute atomic E-state index is 6.18. The van der Waals surface area contributed by atoms with E-state index in [1.165, 1.54) is 37.7 Å². The van der Waals surface area contributed by atoms with Gasteiger partial charge in [-0.05, 0) is 30.9 Å². The molecule has 2 rings (SSSR count). The van der Waals surface area contributed by atoms with Crippen molar-refractivity contribution in [1.29, 1.82) is 0 Å². The van der Waals surface area contributed by atoms with Crippen molar-refractivity contribution in [3.8, 4) is 0 Å². The quantitative estimate of drug-likeness (QED) is 0.844.